The van der Waals surface area contributed by atoms with E-state index in [-0.39, 0.29) is 24.5 Å². The molecule has 0 aliphatic carbocycles. The van der Waals surface area contributed by atoms with E-state index in [2.05, 4.69) is 5.32 Å². The van der Waals surface area contributed by atoms with E-state index in [9.17, 15) is 9.59 Å². The molecule has 0 saturated carbocycles. The predicted molar refractivity (Wildman–Crippen MR) is 124 cm³/mol. The van der Waals surface area contributed by atoms with Crippen LogP contribution in [-0.4, -0.2) is 33.0 Å². The molecule has 0 aliphatic heterocycles. The number of hydrogen-bond acceptors (Lipinski definition) is 5. The molecule has 0 saturated heterocycles. The number of amides is 1. The van der Waals surface area contributed by atoms with Crippen molar-refractivity contribution in [2.24, 2.45) is 0 Å². The minimum Gasteiger partial charge on any atom is -0.496 e. The number of nitrogens with one attached hydrogen (secondary N) is 1. The topological polar surface area (TPSA) is 73.9 Å². The number of ether oxygens (including phenoxy) is 3. The Hall–Kier alpha value is -3.80. The van der Waals surface area contributed by atoms with Crippen molar-refractivity contribution < 1.29 is 23.8 Å². The Morgan fingerprint density at radius 1 is 0.750 bits per heavy atom. The number of hydrogen-bond donors (Lipinski definition) is 1. The number of methoxy groups -OCH3 is 3. The van der Waals surface area contributed by atoms with E-state index >= 15 is 0 Å². The highest BCUT2D eigenvalue weighted by atomic mass is 16.5. The zero-order chi connectivity index (χ0) is 22.9. The summed E-state index contributed by atoms with van der Waals surface area (Å²) in [5.41, 5.74) is 3.26. The highest BCUT2D eigenvalue weighted by Crippen LogP contribution is 2.28. The van der Waals surface area contributed by atoms with Gasteiger partial charge in [0, 0.05) is 36.1 Å². The van der Waals surface area contributed by atoms with Gasteiger partial charge in [0.05, 0.1) is 21.3 Å². The van der Waals surface area contributed by atoms with Crippen LogP contribution in [0, 0.1) is 0 Å². The molecule has 0 fully saturated rings. The summed E-state index contributed by atoms with van der Waals surface area (Å²) in [5, 5.41) is 2.88. The quantitative estimate of drug-likeness (QED) is 0.460. The number of anilines is 1. The average molecular weight is 434 g/mol. The highest BCUT2D eigenvalue weighted by molar-refractivity contribution is 6.00. The van der Waals surface area contributed by atoms with E-state index in [0.29, 0.717) is 29.2 Å². The Balaban J connectivity index is 1.62. The number of benzene rings is 3. The molecule has 6 heteroatoms. The van der Waals surface area contributed by atoms with E-state index < -0.39 is 0 Å². The molecule has 0 aromatic heterocycles. The molecule has 0 bridgehead atoms. The van der Waals surface area contributed by atoms with Gasteiger partial charge in [0.25, 0.3) is 0 Å². The lowest BCUT2D eigenvalue weighted by atomic mass is 10.0. The fraction of sp³-hybridized carbons (Fsp3) is 0.231. The number of carbonyl (C=O) groups is 2. The van der Waals surface area contributed by atoms with Gasteiger partial charge in [-0.3, -0.25) is 9.59 Å². The van der Waals surface area contributed by atoms with Crippen molar-refractivity contribution in [1.82, 2.24) is 0 Å². The fourth-order valence-electron chi connectivity index (χ4n) is 3.41. The van der Waals surface area contributed by atoms with Crippen molar-refractivity contribution in [3.63, 3.8) is 0 Å². The van der Waals surface area contributed by atoms with Crippen LogP contribution < -0.4 is 19.5 Å². The zero-order valence-corrected chi connectivity index (χ0v) is 18.5. The van der Waals surface area contributed by atoms with Gasteiger partial charge >= 0.3 is 0 Å². The molecule has 1 amide bonds. The Bertz CT molecular complexity index is 1080. The Morgan fingerprint density at radius 3 is 2.12 bits per heavy atom. The molecule has 0 spiro atoms. The van der Waals surface area contributed by atoms with Crippen LogP contribution in [0.4, 0.5) is 5.69 Å². The number of ketones is 1. The lowest BCUT2D eigenvalue weighted by Crippen LogP contribution is -2.14. The van der Waals surface area contributed by atoms with Crippen molar-refractivity contribution in [1.29, 1.82) is 0 Å². The summed E-state index contributed by atoms with van der Waals surface area (Å²) in [6.07, 6.45) is 0.854. The third kappa shape index (κ3) is 5.88. The summed E-state index contributed by atoms with van der Waals surface area (Å²) >= 11 is 0. The summed E-state index contributed by atoms with van der Waals surface area (Å²) in [4.78, 5) is 25.0. The molecule has 0 unspecified atom stereocenters. The van der Waals surface area contributed by atoms with E-state index in [1.807, 2.05) is 42.5 Å². The second kappa shape index (κ2) is 11.0. The second-order valence-electron chi connectivity index (χ2n) is 7.23. The first-order valence-corrected chi connectivity index (χ1v) is 10.3. The molecule has 0 atom stereocenters. The summed E-state index contributed by atoms with van der Waals surface area (Å²) in [5.74, 6) is 1.42. The van der Waals surface area contributed by atoms with Crippen LogP contribution in [-0.2, 0) is 11.2 Å². The smallest absolute Gasteiger partial charge is 0.224 e. The maximum atomic E-state index is 12.5. The third-order valence-electron chi connectivity index (χ3n) is 5.09. The van der Waals surface area contributed by atoms with Crippen LogP contribution in [0.3, 0.4) is 0 Å². The number of Topliss-reactive ketones (excluding diaryl/α,β-unsaturated/α-hetero) is 1. The van der Waals surface area contributed by atoms with Crippen LogP contribution >= 0.6 is 0 Å². The van der Waals surface area contributed by atoms with Crippen molar-refractivity contribution >= 4 is 17.4 Å². The lowest BCUT2D eigenvalue weighted by molar-refractivity contribution is -0.116. The van der Waals surface area contributed by atoms with E-state index in [0.717, 1.165) is 16.9 Å². The van der Waals surface area contributed by atoms with Crippen LogP contribution in [0.2, 0.25) is 0 Å². The summed E-state index contributed by atoms with van der Waals surface area (Å²) < 4.78 is 15.9. The van der Waals surface area contributed by atoms with Gasteiger partial charge in [-0.05, 0) is 42.0 Å². The SMILES string of the molecule is COc1ccc(NC(=O)CCC(=O)c2ccc(OC)c(OC)c2)cc1Cc1ccccc1. The molecule has 166 valence electrons. The predicted octanol–water partition coefficient (Wildman–Crippen LogP) is 4.90. The average Bonchev–Trinajstić information content (AvgIpc) is 2.83. The molecule has 6 nitrogen and oxygen atoms in total. The van der Waals surface area contributed by atoms with Crippen LogP contribution in [0.25, 0.3) is 0 Å². The standard InChI is InChI=1S/C26H27NO5/c1-30-23-13-10-21(16-20(23)15-18-7-5-4-6-8-18)27-26(29)14-11-22(28)19-9-12-24(31-2)25(17-19)32-3/h4-10,12-13,16-17H,11,14-15H2,1-3H3,(H,27,29). The Kier molecular flexibility index (Phi) is 7.86. The monoisotopic (exact) mass is 433 g/mol. The summed E-state index contributed by atoms with van der Waals surface area (Å²) in [6, 6.07) is 20.5. The fourth-order valence-corrected chi connectivity index (χ4v) is 3.41. The third-order valence-corrected chi connectivity index (χ3v) is 5.09. The first-order chi connectivity index (χ1) is 15.5. The lowest BCUT2D eigenvalue weighted by Gasteiger charge is -2.12. The summed E-state index contributed by atoms with van der Waals surface area (Å²) in [6.45, 7) is 0. The molecule has 0 heterocycles. The minimum atomic E-state index is -0.227. The normalized spacial score (nSPS) is 10.3. The number of rotatable bonds is 10. The molecule has 3 aromatic carbocycles. The number of carbonyl (C=O) groups excluding carboxylic acids is 2. The van der Waals surface area contributed by atoms with Gasteiger partial charge in [0.15, 0.2) is 17.3 Å². The van der Waals surface area contributed by atoms with E-state index in [1.165, 1.54) is 14.2 Å². The van der Waals surface area contributed by atoms with Crippen LogP contribution in [0.1, 0.15) is 34.3 Å². The van der Waals surface area contributed by atoms with Crippen LogP contribution in [0.15, 0.2) is 66.7 Å². The van der Waals surface area contributed by atoms with Gasteiger partial charge in [-0.1, -0.05) is 30.3 Å². The van der Waals surface area contributed by atoms with Crippen molar-refractivity contribution in [2.45, 2.75) is 19.3 Å². The van der Waals surface area contributed by atoms with Crippen molar-refractivity contribution in [2.75, 3.05) is 26.6 Å². The maximum absolute atomic E-state index is 12.5. The van der Waals surface area contributed by atoms with Gasteiger partial charge in [-0.15, -0.1) is 0 Å². The molecule has 1 N–H and O–H groups in total. The molecule has 0 radical (unpaired) electrons. The second-order valence-corrected chi connectivity index (χ2v) is 7.23. The molecular weight excluding hydrogens is 406 g/mol. The first-order valence-electron chi connectivity index (χ1n) is 10.3. The van der Waals surface area contributed by atoms with Crippen LogP contribution in [0.5, 0.6) is 17.2 Å². The van der Waals surface area contributed by atoms with Gasteiger partial charge in [-0.25, -0.2) is 0 Å². The molecule has 3 rings (SSSR count). The van der Waals surface area contributed by atoms with Gasteiger partial charge in [0.2, 0.25) is 5.91 Å². The molecule has 3 aromatic rings. The highest BCUT2D eigenvalue weighted by Gasteiger charge is 2.14. The first kappa shape index (κ1) is 22.9. The summed E-state index contributed by atoms with van der Waals surface area (Å²) in [7, 11) is 4.68. The molecular formula is C26H27NO5. The Labute approximate surface area is 188 Å². The largest absolute Gasteiger partial charge is 0.496 e. The van der Waals surface area contributed by atoms with E-state index in [1.54, 1.807) is 31.4 Å². The van der Waals surface area contributed by atoms with Gasteiger partial charge in [0.1, 0.15) is 5.75 Å². The Morgan fingerprint density at radius 2 is 1.44 bits per heavy atom. The molecule has 0 aliphatic rings. The zero-order valence-electron chi connectivity index (χ0n) is 18.5. The molecule has 32 heavy (non-hydrogen) atoms. The van der Waals surface area contributed by atoms with Gasteiger partial charge < -0.3 is 19.5 Å². The van der Waals surface area contributed by atoms with Crippen molar-refractivity contribution in [3.8, 4) is 17.2 Å². The maximum Gasteiger partial charge on any atom is 0.224 e. The van der Waals surface area contributed by atoms with E-state index in [4.69, 9.17) is 14.2 Å². The minimum absolute atomic E-state index is 0.0766. The van der Waals surface area contributed by atoms with Gasteiger partial charge in [-0.2, -0.15) is 0 Å². The van der Waals surface area contributed by atoms with Crippen molar-refractivity contribution in [3.05, 3.63) is 83.4 Å².